The summed E-state index contributed by atoms with van der Waals surface area (Å²) in [4.78, 5) is 18.4. The van der Waals surface area contributed by atoms with Gasteiger partial charge in [-0.15, -0.1) is 0 Å². The number of carbonyl (C=O) groups excluding carboxylic acids is 1. The highest BCUT2D eigenvalue weighted by atomic mass is 16.2. The van der Waals surface area contributed by atoms with Gasteiger partial charge in [0.2, 0.25) is 5.91 Å². The van der Waals surface area contributed by atoms with Crippen molar-refractivity contribution < 1.29 is 4.79 Å². The summed E-state index contributed by atoms with van der Waals surface area (Å²) in [5, 5.41) is 3.42. The summed E-state index contributed by atoms with van der Waals surface area (Å²) in [5.74, 6) is 1.55. The predicted octanol–water partition coefficient (Wildman–Crippen LogP) is 0.690. The second-order valence-corrected chi connectivity index (χ2v) is 5.40. The van der Waals surface area contributed by atoms with E-state index < -0.39 is 0 Å². The predicted molar refractivity (Wildman–Crippen MR) is 69.0 cm³/mol. The topological polar surface area (TPSA) is 45.2 Å². The van der Waals surface area contributed by atoms with Gasteiger partial charge in [0.1, 0.15) is 0 Å². The molecule has 2 saturated heterocycles. The monoisotopic (exact) mass is 245 g/mol. The zero-order valence-electron chi connectivity index (χ0n) is 10.7. The van der Waals surface area contributed by atoms with Crippen LogP contribution in [-0.2, 0) is 11.2 Å². The smallest absolute Gasteiger partial charge is 0.227 e. The van der Waals surface area contributed by atoms with Crippen LogP contribution in [0.25, 0.3) is 0 Å². The molecule has 1 aromatic heterocycles. The summed E-state index contributed by atoms with van der Waals surface area (Å²) in [6.07, 6.45) is 3.99. The quantitative estimate of drug-likeness (QED) is 0.834. The van der Waals surface area contributed by atoms with E-state index in [0.29, 0.717) is 24.3 Å². The Hall–Kier alpha value is -1.42. The molecule has 1 N–H and O–H groups in total. The third-order valence-electron chi connectivity index (χ3n) is 4.36. The van der Waals surface area contributed by atoms with Crippen LogP contribution in [0.1, 0.15) is 12.5 Å². The van der Waals surface area contributed by atoms with Crippen molar-refractivity contribution in [2.24, 2.45) is 11.8 Å². The van der Waals surface area contributed by atoms with E-state index in [9.17, 15) is 4.79 Å². The molecule has 2 aliphatic heterocycles. The van der Waals surface area contributed by atoms with Crippen molar-refractivity contribution in [2.75, 3.05) is 19.6 Å². The van der Waals surface area contributed by atoms with Crippen molar-refractivity contribution in [1.29, 1.82) is 0 Å². The normalized spacial score (nSPS) is 30.5. The van der Waals surface area contributed by atoms with E-state index in [-0.39, 0.29) is 5.91 Å². The summed E-state index contributed by atoms with van der Waals surface area (Å²) in [6, 6.07) is 4.21. The molecule has 0 bridgehead atoms. The first-order valence-corrected chi connectivity index (χ1v) is 6.65. The van der Waals surface area contributed by atoms with Crippen molar-refractivity contribution in [3.05, 3.63) is 30.1 Å². The average Bonchev–Trinajstić information content (AvgIpc) is 2.94. The van der Waals surface area contributed by atoms with Gasteiger partial charge in [-0.1, -0.05) is 0 Å². The van der Waals surface area contributed by atoms with Gasteiger partial charge < -0.3 is 10.2 Å². The second-order valence-electron chi connectivity index (χ2n) is 5.40. The highest BCUT2D eigenvalue weighted by Crippen LogP contribution is 2.32. The Morgan fingerprint density at radius 3 is 2.94 bits per heavy atom. The molecule has 4 nitrogen and oxygen atoms in total. The summed E-state index contributed by atoms with van der Waals surface area (Å²) in [7, 11) is 0. The van der Waals surface area contributed by atoms with E-state index in [0.717, 1.165) is 25.2 Å². The Kier molecular flexibility index (Phi) is 3.04. The maximum absolute atomic E-state index is 12.3. The molecule has 96 valence electrons. The molecule has 18 heavy (non-hydrogen) atoms. The molecule has 3 heterocycles. The van der Waals surface area contributed by atoms with Crippen molar-refractivity contribution in [1.82, 2.24) is 15.2 Å². The fourth-order valence-electron chi connectivity index (χ4n) is 3.27. The van der Waals surface area contributed by atoms with Crippen molar-refractivity contribution >= 4 is 5.91 Å². The summed E-state index contributed by atoms with van der Waals surface area (Å²) < 4.78 is 0. The van der Waals surface area contributed by atoms with E-state index in [1.165, 1.54) is 0 Å². The van der Waals surface area contributed by atoms with Gasteiger partial charge in [0.05, 0.1) is 6.42 Å². The van der Waals surface area contributed by atoms with Gasteiger partial charge in [0.25, 0.3) is 0 Å². The van der Waals surface area contributed by atoms with Crippen LogP contribution in [0.3, 0.4) is 0 Å². The van der Waals surface area contributed by atoms with Crippen LogP contribution in [0.4, 0.5) is 0 Å². The Morgan fingerprint density at radius 2 is 2.22 bits per heavy atom. The molecule has 0 aromatic carbocycles. The molecule has 3 unspecified atom stereocenters. The number of fused-ring (bicyclic) bond motifs is 1. The van der Waals surface area contributed by atoms with Crippen LogP contribution >= 0.6 is 0 Å². The number of hydrogen-bond donors (Lipinski definition) is 1. The van der Waals surface area contributed by atoms with Crippen LogP contribution in [0.2, 0.25) is 0 Å². The minimum atomic E-state index is 0.253. The van der Waals surface area contributed by atoms with Gasteiger partial charge in [-0.05, 0) is 36.5 Å². The Bertz CT molecular complexity index is 434. The van der Waals surface area contributed by atoms with Crippen LogP contribution in [-0.4, -0.2) is 41.5 Å². The molecule has 1 aromatic rings. The van der Waals surface area contributed by atoms with Crippen LogP contribution in [0.15, 0.2) is 24.5 Å². The third kappa shape index (κ3) is 2.01. The molecular formula is C14H19N3O. The van der Waals surface area contributed by atoms with E-state index >= 15 is 0 Å². The molecule has 4 heteroatoms. The molecular weight excluding hydrogens is 226 g/mol. The lowest BCUT2D eigenvalue weighted by molar-refractivity contribution is -0.131. The van der Waals surface area contributed by atoms with E-state index in [2.05, 4.69) is 22.1 Å². The molecule has 2 aliphatic rings. The number of pyridine rings is 1. The van der Waals surface area contributed by atoms with Crippen molar-refractivity contribution in [2.45, 2.75) is 19.4 Å². The molecule has 2 fully saturated rings. The Labute approximate surface area is 107 Å². The maximum Gasteiger partial charge on any atom is 0.227 e. The van der Waals surface area contributed by atoms with Crippen molar-refractivity contribution in [3.63, 3.8) is 0 Å². The third-order valence-corrected chi connectivity index (χ3v) is 4.36. The first-order valence-electron chi connectivity index (χ1n) is 6.65. The van der Waals surface area contributed by atoms with Crippen LogP contribution in [0, 0.1) is 11.8 Å². The highest BCUT2D eigenvalue weighted by Gasteiger charge is 2.43. The highest BCUT2D eigenvalue weighted by molar-refractivity contribution is 5.79. The number of rotatable bonds is 2. The molecule has 1 amide bonds. The summed E-state index contributed by atoms with van der Waals surface area (Å²) >= 11 is 0. The fourth-order valence-corrected chi connectivity index (χ4v) is 3.27. The molecule has 3 atom stereocenters. The van der Waals surface area contributed by atoms with E-state index in [4.69, 9.17) is 0 Å². The number of nitrogens with one attached hydrogen (secondary N) is 1. The average molecular weight is 245 g/mol. The maximum atomic E-state index is 12.3. The molecule has 0 aliphatic carbocycles. The zero-order chi connectivity index (χ0) is 12.5. The molecule has 0 spiro atoms. The minimum Gasteiger partial charge on any atom is -0.339 e. The van der Waals surface area contributed by atoms with Gasteiger partial charge in [-0.3, -0.25) is 9.78 Å². The Morgan fingerprint density at radius 1 is 1.44 bits per heavy atom. The lowest BCUT2D eigenvalue weighted by Crippen LogP contribution is -2.38. The van der Waals surface area contributed by atoms with Gasteiger partial charge in [-0.25, -0.2) is 0 Å². The Balaban J connectivity index is 1.67. The van der Waals surface area contributed by atoms with E-state index in [1.54, 1.807) is 12.4 Å². The SMILES string of the molecule is CC1C2CNCC2CN1C(=O)Cc1ccncc1. The lowest BCUT2D eigenvalue weighted by Gasteiger charge is -2.24. The number of nitrogens with zero attached hydrogens (tertiary/aromatic N) is 2. The first-order chi connectivity index (χ1) is 8.75. The second kappa shape index (κ2) is 4.69. The van der Waals surface area contributed by atoms with Gasteiger partial charge in [0.15, 0.2) is 0 Å². The number of amides is 1. The first kappa shape index (κ1) is 11.7. The van der Waals surface area contributed by atoms with Gasteiger partial charge in [0, 0.05) is 38.1 Å². The van der Waals surface area contributed by atoms with Crippen molar-refractivity contribution in [3.8, 4) is 0 Å². The number of carbonyl (C=O) groups is 1. The summed E-state index contributed by atoms with van der Waals surface area (Å²) in [6.45, 7) is 5.23. The molecule has 3 rings (SSSR count). The standard InChI is InChI=1S/C14H19N3O/c1-10-13-8-16-7-12(13)9-17(10)14(18)6-11-2-4-15-5-3-11/h2-5,10,12-13,16H,6-9H2,1H3. The summed E-state index contributed by atoms with van der Waals surface area (Å²) in [5.41, 5.74) is 1.05. The van der Waals surface area contributed by atoms with E-state index in [1.807, 2.05) is 12.1 Å². The fraction of sp³-hybridized carbons (Fsp3) is 0.571. The lowest BCUT2D eigenvalue weighted by atomic mass is 9.95. The molecule has 0 radical (unpaired) electrons. The number of aromatic nitrogens is 1. The number of hydrogen-bond acceptors (Lipinski definition) is 3. The molecule has 0 saturated carbocycles. The van der Waals surface area contributed by atoms with Gasteiger partial charge in [-0.2, -0.15) is 0 Å². The zero-order valence-corrected chi connectivity index (χ0v) is 10.7. The van der Waals surface area contributed by atoms with Gasteiger partial charge >= 0.3 is 0 Å². The minimum absolute atomic E-state index is 0.253. The van der Waals surface area contributed by atoms with Crippen LogP contribution < -0.4 is 5.32 Å². The van der Waals surface area contributed by atoms with Crippen LogP contribution in [0.5, 0.6) is 0 Å². The number of likely N-dealkylation sites (tertiary alicyclic amines) is 1. The largest absolute Gasteiger partial charge is 0.339 e.